The van der Waals surface area contributed by atoms with Crippen LogP contribution in [0.5, 0.6) is 0 Å². The molecule has 6 N–H and O–H groups in total. The first-order chi connectivity index (χ1) is 1.73. The Kier molecular flexibility index (Phi) is 51.6. The minimum absolute atomic E-state index is 0. The van der Waals surface area contributed by atoms with Crippen LogP contribution in [0, 0.1) is 27.0 Å². The van der Waals surface area contributed by atoms with Crippen LogP contribution in [0.15, 0.2) is 0 Å². The van der Waals surface area contributed by atoms with Gasteiger partial charge in [-0.25, -0.2) is 0 Å². The first kappa shape index (κ1) is 23.0. The standard InChI is InChI=1S/3ClH.Er.3H2O/h3*1H;;3*1H2/q;;;+3;;;/p-3. The Morgan fingerprint density at radius 1 is 0.714 bits per heavy atom. The Labute approximate surface area is 61.9 Å². The number of rotatable bonds is 0. The van der Waals surface area contributed by atoms with Crippen molar-refractivity contribution in [2.45, 2.75) is 0 Å². The normalized spacial score (nSPS) is 6.43. The Hall–Kier alpha value is 2.00. The van der Waals surface area contributed by atoms with Crippen molar-refractivity contribution >= 4 is 19.4 Å². The monoisotopic (exact) mass is 325 g/mol. The third kappa shape index (κ3) is 72.1. The first-order valence-electron chi connectivity index (χ1n) is 0.327. The second kappa shape index (κ2) is 15.7. The molecule has 0 saturated heterocycles. The molecule has 0 aliphatic rings. The van der Waals surface area contributed by atoms with E-state index < -0.39 is 27.0 Å². The van der Waals surface area contributed by atoms with Crippen LogP contribution in [0.3, 0.4) is 0 Å². The fourth-order valence-corrected chi connectivity index (χ4v) is 0. The zero-order valence-electron chi connectivity index (χ0n) is 2.92. The molecular weight excluding hydrogens is 322 g/mol. The Balaban J connectivity index is -0.0000000150. The molecule has 0 aliphatic carbocycles. The molecule has 0 unspecified atom stereocenters. The second-order valence-corrected chi connectivity index (χ2v) is 8.26. The average molecular weight is 328 g/mol. The summed E-state index contributed by atoms with van der Waals surface area (Å²) < 4.78 is 0. The van der Waals surface area contributed by atoms with E-state index in [1.54, 1.807) is 0 Å². The van der Waals surface area contributed by atoms with Gasteiger partial charge in [0.2, 0.25) is 0 Å². The van der Waals surface area contributed by atoms with Gasteiger partial charge in [-0.15, -0.1) is 0 Å². The van der Waals surface area contributed by atoms with Crippen LogP contribution in [0.25, 0.3) is 0 Å². The van der Waals surface area contributed by atoms with Gasteiger partial charge >= 0.3 is 46.5 Å². The van der Waals surface area contributed by atoms with E-state index in [1.165, 1.54) is 0 Å². The van der Waals surface area contributed by atoms with Gasteiger partial charge in [0, 0.05) is 0 Å². The summed E-state index contributed by atoms with van der Waals surface area (Å²) in [6, 6.07) is 0. The van der Waals surface area contributed by atoms with Crippen LogP contribution in [0.4, 0.5) is 0 Å². The van der Waals surface area contributed by atoms with Crippen molar-refractivity contribution in [2.75, 3.05) is 0 Å². The summed E-state index contributed by atoms with van der Waals surface area (Å²) in [6.45, 7) is 14.8. The van der Waals surface area contributed by atoms with E-state index in [0.717, 1.165) is 0 Å². The van der Waals surface area contributed by atoms with Crippen molar-refractivity contribution in [1.29, 1.82) is 0 Å². The van der Waals surface area contributed by atoms with E-state index in [-0.39, 0.29) is 16.4 Å². The summed E-state index contributed by atoms with van der Waals surface area (Å²) in [5, 5.41) is 0. The number of halogens is 3. The van der Waals surface area contributed by atoms with Gasteiger partial charge < -0.3 is 16.4 Å². The molecule has 0 fully saturated rings. The summed E-state index contributed by atoms with van der Waals surface area (Å²) in [5.74, 6) is 0. The fraction of sp³-hybridized carbons (Fsp3) is 0. The molecule has 0 aromatic rings. The van der Waals surface area contributed by atoms with Crippen molar-refractivity contribution in [1.82, 2.24) is 0 Å². The predicted octanol–water partition coefficient (Wildman–Crippen LogP) is -0.406. The van der Waals surface area contributed by atoms with Gasteiger partial charge in [0.05, 0.1) is 0 Å². The summed E-state index contributed by atoms with van der Waals surface area (Å²) in [7, 11) is 0. The van der Waals surface area contributed by atoms with E-state index in [2.05, 4.69) is 0 Å². The van der Waals surface area contributed by atoms with E-state index in [0.29, 0.717) is 0 Å². The quantitative estimate of drug-likeness (QED) is 0.578. The molecular formula is H6Cl3ErO3. The minimum atomic E-state index is -1.72. The molecule has 0 heterocycles. The topological polar surface area (TPSA) is 94.5 Å². The Morgan fingerprint density at radius 2 is 0.714 bits per heavy atom. The van der Waals surface area contributed by atoms with Crippen molar-refractivity contribution in [2.24, 2.45) is 0 Å². The fourth-order valence-electron chi connectivity index (χ4n) is 0. The van der Waals surface area contributed by atoms with Gasteiger partial charge in [-0.3, -0.25) is 0 Å². The van der Waals surface area contributed by atoms with Crippen LogP contribution in [-0.2, 0) is 0 Å². The summed E-state index contributed by atoms with van der Waals surface area (Å²) in [5.41, 5.74) is 0. The Bertz CT molecular complexity index is 14.9. The van der Waals surface area contributed by atoms with Crippen LogP contribution >= 0.6 is 19.4 Å². The maximum absolute atomic E-state index is 4.94. The zero-order chi connectivity index (χ0) is 3.58. The van der Waals surface area contributed by atoms with E-state index in [4.69, 9.17) is 19.4 Å². The van der Waals surface area contributed by atoms with Gasteiger partial charge in [-0.05, 0) is 0 Å². The number of hydrogen-bond acceptors (Lipinski definition) is 0. The maximum atomic E-state index is 4.94. The van der Waals surface area contributed by atoms with E-state index in [1.807, 2.05) is 0 Å². The van der Waals surface area contributed by atoms with Gasteiger partial charge in [0.15, 0.2) is 0 Å². The van der Waals surface area contributed by atoms with Crippen LogP contribution in [0.1, 0.15) is 0 Å². The molecule has 7 heteroatoms. The SMILES string of the molecule is O.O.O.[Cl][Er]([Cl])[Cl]. The molecule has 0 saturated carbocycles. The zero-order valence-corrected chi connectivity index (χ0v) is 7.04. The summed E-state index contributed by atoms with van der Waals surface area (Å²) in [4.78, 5) is 0. The molecule has 0 amide bonds. The Morgan fingerprint density at radius 3 is 0.714 bits per heavy atom. The average Bonchev–Trinajstić information content (AvgIpc) is 0.811. The van der Waals surface area contributed by atoms with Crippen LogP contribution in [0.2, 0.25) is 0 Å². The molecule has 0 radical (unpaired) electrons. The van der Waals surface area contributed by atoms with Crippen LogP contribution < -0.4 is 0 Å². The second-order valence-electron chi connectivity index (χ2n) is 0.124. The van der Waals surface area contributed by atoms with Crippen molar-refractivity contribution in [3.8, 4) is 0 Å². The van der Waals surface area contributed by atoms with Gasteiger partial charge in [0.1, 0.15) is 0 Å². The molecule has 0 bridgehead atoms. The van der Waals surface area contributed by atoms with Crippen molar-refractivity contribution in [3.63, 3.8) is 0 Å². The molecule has 0 aromatic carbocycles. The number of hydrogen-bond donors (Lipinski definition) is 0. The van der Waals surface area contributed by atoms with Crippen molar-refractivity contribution in [3.05, 3.63) is 0 Å². The summed E-state index contributed by atoms with van der Waals surface area (Å²) in [6.07, 6.45) is 0. The van der Waals surface area contributed by atoms with Gasteiger partial charge in [-0.1, -0.05) is 0 Å². The van der Waals surface area contributed by atoms with Crippen molar-refractivity contribution < 1.29 is 43.5 Å². The molecule has 0 rings (SSSR count). The molecule has 7 heavy (non-hydrogen) atoms. The first-order valence-corrected chi connectivity index (χ1v) is 7.28. The van der Waals surface area contributed by atoms with E-state index in [9.17, 15) is 0 Å². The van der Waals surface area contributed by atoms with Crippen LogP contribution in [-0.4, -0.2) is 16.4 Å². The molecule has 0 aliphatic heterocycles. The molecule has 0 spiro atoms. The predicted molar refractivity (Wildman–Crippen MR) is 28.4 cm³/mol. The molecule has 0 atom stereocenters. The van der Waals surface area contributed by atoms with Gasteiger partial charge in [-0.2, -0.15) is 0 Å². The summed E-state index contributed by atoms with van der Waals surface area (Å²) >= 11 is -1.72. The third-order valence-electron chi connectivity index (χ3n) is 0. The van der Waals surface area contributed by atoms with E-state index >= 15 is 0 Å². The molecule has 57 valence electrons. The third-order valence-corrected chi connectivity index (χ3v) is 0. The van der Waals surface area contributed by atoms with Gasteiger partial charge in [0.25, 0.3) is 0 Å². The molecule has 3 nitrogen and oxygen atoms in total. The molecule has 0 aromatic heterocycles.